The van der Waals surface area contributed by atoms with Gasteiger partial charge in [-0.2, -0.15) is 0 Å². The molecule has 0 heterocycles. The minimum absolute atomic E-state index is 0.331. The molecule has 0 amide bonds. The second kappa shape index (κ2) is 4.94. The fraction of sp³-hybridized carbons (Fsp3) is 0. The first kappa shape index (κ1) is 9.11. The van der Waals surface area contributed by atoms with Crippen molar-refractivity contribution in [2.75, 3.05) is 0 Å². The lowest BCUT2D eigenvalue weighted by molar-refractivity contribution is 0.0697. The van der Waals surface area contributed by atoms with Gasteiger partial charge in [-0.1, -0.05) is 18.2 Å². The predicted molar refractivity (Wildman–Crippen MR) is 36.9 cm³/mol. The Morgan fingerprint density at radius 1 is 1.18 bits per heavy atom. The van der Waals surface area contributed by atoms with E-state index in [0.717, 1.165) is 0 Å². The van der Waals surface area contributed by atoms with Gasteiger partial charge in [0.05, 0.1) is 5.56 Å². The summed E-state index contributed by atoms with van der Waals surface area (Å²) in [6, 6.07) is 8.30. The second-order valence-corrected chi connectivity index (χ2v) is 1.67. The third kappa shape index (κ3) is 2.96. The lowest BCUT2D eigenvalue weighted by atomic mass is 10.2. The van der Waals surface area contributed by atoms with Crippen LogP contribution in [0.25, 0.3) is 0 Å². The van der Waals surface area contributed by atoms with Crippen LogP contribution in [0.1, 0.15) is 10.4 Å². The summed E-state index contributed by atoms with van der Waals surface area (Å²) in [5.74, 6) is -0.879. The average molecular weight is 150 g/mol. The van der Waals surface area contributed by atoms with Crippen LogP contribution in [0.2, 0.25) is 0 Å². The number of benzene rings is 1. The second-order valence-electron chi connectivity index (χ2n) is 1.67. The van der Waals surface area contributed by atoms with Crippen LogP contribution < -0.4 is 0 Å². The van der Waals surface area contributed by atoms with Crippen LogP contribution in [0, 0.1) is 10.8 Å². The summed E-state index contributed by atoms with van der Waals surface area (Å²) < 4.78 is 0. The zero-order valence-electron chi connectivity index (χ0n) is 5.64. The van der Waals surface area contributed by atoms with Crippen LogP contribution in [0.4, 0.5) is 0 Å². The van der Waals surface area contributed by atoms with Crippen LogP contribution in [0.15, 0.2) is 30.3 Å². The summed E-state index contributed by atoms with van der Waals surface area (Å²) in [6.07, 6.45) is 0. The van der Waals surface area contributed by atoms with Crippen molar-refractivity contribution in [3.05, 3.63) is 35.9 Å². The minimum atomic E-state index is -0.879. The zero-order chi connectivity index (χ0) is 8.69. The van der Waals surface area contributed by atoms with E-state index in [2.05, 4.69) is 0 Å². The average Bonchev–Trinajstić information content (AvgIpc) is 2.10. The monoisotopic (exact) mass is 150 g/mol. The predicted octanol–water partition coefficient (Wildman–Crippen LogP) is 1.41. The van der Waals surface area contributed by atoms with Gasteiger partial charge in [0.1, 0.15) is 0 Å². The Balaban J connectivity index is 0.000000461. The van der Waals surface area contributed by atoms with Gasteiger partial charge in [-0.25, -0.2) is 4.79 Å². The van der Waals surface area contributed by atoms with Crippen molar-refractivity contribution < 1.29 is 9.90 Å². The molecule has 0 aliphatic heterocycles. The number of rotatable bonds is 1. The fourth-order valence-electron chi connectivity index (χ4n) is 0.581. The highest BCUT2D eigenvalue weighted by Crippen LogP contribution is 1.96. The molecule has 4 nitrogen and oxygen atoms in total. The van der Waals surface area contributed by atoms with E-state index in [4.69, 9.17) is 15.9 Å². The molecule has 56 valence electrons. The number of hydrogen-bond donors (Lipinski definition) is 1. The van der Waals surface area contributed by atoms with E-state index in [9.17, 15) is 4.79 Å². The van der Waals surface area contributed by atoms with E-state index in [1.54, 1.807) is 30.3 Å². The zero-order valence-corrected chi connectivity index (χ0v) is 5.64. The molecule has 1 aromatic carbocycles. The topological polar surface area (TPSA) is 84.9 Å². The third-order valence-electron chi connectivity index (χ3n) is 1.02. The first-order valence-corrected chi connectivity index (χ1v) is 2.79. The van der Waals surface area contributed by atoms with Crippen molar-refractivity contribution in [3.63, 3.8) is 0 Å². The number of carbonyl (C=O) groups is 1. The smallest absolute Gasteiger partial charge is 0.335 e. The van der Waals surface area contributed by atoms with Crippen molar-refractivity contribution in [3.8, 4) is 0 Å². The van der Waals surface area contributed by atoms with Crippen molar-refractivity contribution in [2.24, 2.45) is 0 Å². The lowest BCUT2D eigenvalue weighted by Crippen LogP contribution is -1.93. The molecule has 0 fully saturated rings. The molecule has 1 rings (SSSR count). The van der Waals surface area contributed by atoms with E-state index in [1.807, 2.05) is 0 Å². The maximum absolute atomic E-state index is 10.2. The molecule has 1 N–H and O–H groups in total. The summed E-state index contributed by atoms with van der Waals surface area (Å²) in [6.45, 7) is 0. The highest BCUT2D eigenvalue weighted by Gasteiger charge is 1.96. The molecule has 0 aromatic heterocycles. The molecule has 0 aliphatic rings. The van der Waals surface area contributed by atoms with Gasteiger partial charge in [0.15, 0.2) is 0 Å². The van der Waals surface area contributed by atoms with Gasteiger partial charge in [-0.05, 0) is 12.1 Å². The lowest BCUT2D eigenvalue weighted by Gasteiger charge is -1.88. The number of hydrogen-bond acceptors (Lipinski definition) is 3. The third-order valence-corrected chi connectivity index (χ3v) is 1.02. The van der Waals surface area contributed by atoms with Crippen LogP contribution in [-0.2, 0) is 0 Å². The summed E-state index contributed by atoms with van der Waals surface area (Å²) in [4.78, 5) is 10.2. The first-order chi connectivity index (χ1) is 5.30. The molecular formula is C7H6N2O2. The molecule has 0 aliphatic carbocycles. The number of carboxylic acids is 1. The van der Waals surface area contributed by atoms with Crippen LogP contribution in [0.3, 0.4) is 0 Å². The molecular weight excluding hydrogens is 144 g/mol. The Kier molecular flexibility index (Phi) is 4.09. The summed E-state index contributed by atoms with van der Waals surface area (Å²) in [5.41, 5.74) is 0.331. The van der Waals surface area contributed by atoms with Gasteiger partial charge < -0.3 is 5.11 Å². The van der Waals surface area contributed by atoms with E-state index in [-0.39, 0.29) is 0 Å². The Labute approximate surface area is 63.5 Å². The summed E-state index contributed by atoms with van der Waals surface area (Å²) in [5, 5.41) is 20.4. The van der Waals surface area contributed by atoms with Gasteiger partial charge in [-0.3, -0.25) is 0 Å². The van der Waals surface area contributed by atoms with Gasteiger partial charge in [0.25, 0.3) is 0 Å². The Morgan fingerprint density at radius 3 is 1.91 bits per heavy atom. The Bertz CT molecular complexity index is 243. The summed E-state index contributed by atoms with van der Waals surface area (Å²) >= 11 is 0. The van der Waals surface area contributed by atoms with Gasteiger partial charge in [0.2, 0.25) is 0 Å². The van der Waals surface area contributed by atoms with Crippen LogP contribution >= 0.6 is 0 Å². The molecule has 0 unspecified atom stereocenters. The molecule has 0 saturated carbocycles. The standard InChI is InChI=1S/C7H6O2.N2/c8-7(9)6-4-2-1-3-5-6;1-2/h1-5H,(H,8,9);. The van der Waals surface area contributed by atoms with Crippen molar-refractivity contribution in [1.82, 2.24) is 0 Å². The molecule has 11 heavy (non-hydrogen) atoms. The molecule has 0 bridgehead atoms. The molecule has 1 aromatic rings. The van der Waals surface area contributed by atoms with Gasteiger partial charge in [-0.15, -0.1) is 0 Å². The van der Waals surface area contributed by atoms with E-state index < -0.39 is 5.97 Å². The van der Waals surface area contributed by atoms with Crippen molar-refractivity contribution >= 4 is 5.97 Å². The Hall–Kier alpha value is -1.89. The molecule has 0 atom stereocenters. The molecule has 4 heteroatoms. The van der Waals surface area contributed by atoms with Crippen molar-refractivity contribution in [1.29, 1.82) is 10.8 Å². The van der Waals surface area contributed by atoms with E-state index in [1.165, 1.54) is 0 Å². The molecule has 0 saturated heterocycles. The number of nitrogens with zero attached hydrogens (tertiary/aromatic N) is 2. The van der Waals surface area contributed by atoms with E-state index >= 15 is 0 Å². The Morgan fingerprint density at radius 2 is 1.64 bits per heavy atom. The number of aromatic carboxylic acids is 1. The maximum atomic E-state index is 10.2. The number of carboxylic acid groups (broad SMARTS) is 1. The van der Waals surface area contributed by atoms with Gasteiger partial charge in [0, 0.05) is 10.8 Å². The maximum Gasteiger partial charge on any atom is 0.335 e. The van der Waals surface area contributed by atoms with Crippen LogP contribution in [0.5, 0.6) is 0 Å². The fourth-order valence-corrected chi connectivity index (χ4v) is 0.581. The van der Waals surface area contributed by atoms with E-state index in [0.29, 0.717) is 5.56 Å². The quantitative estimate of drug-likeness (QED) is 0.613. The SMILES string of the molecule is N#N.O=C(O)c1ccccc1. The van der Waals surface area contributed by atoms with Crippen LogP contribution in [-0.4, -0.2) is 11.1 Å². The molecule has 0 spiro atoms. The normalized spacial score (nSPS) is 7.45. The highest BCUT2D eigenvalue weighted by molar-refractivity contribution is 5.87. The molecule has 0 radical (unpaired) electrons. The highest BCUT2D eigenvalue weighted by atomic mass is 16.4. The minimum Gasteiger partial charge on any atom is -0.478 e. The van der Waals surface area contributed by atoms with Crippen molar-refractivity contribution in [2.45, 2.75) is 0 Å². The summed E-state index contributed by atoms with van der Waals surface area (Å²) in [7, 11) is 0. The largest absolute Gasteiger partial charge is 0.478 e. The first-order valence-electron chi connectivity index (χ1n) is 2.79. The van der Waals surface area contributed by atoms with Gasteiger partial charge >= 0.3 is 5.97 Å².